The van der Waals surface area contributed by atoms with E-state index in [1.807, 2.05) is 11.8 Å². The van der Waals surface area contributed by atoms with E-state index < -0.39 is 0 Å². The highest BCUT2D eigenvalue weighted by Crippen LogP contribution is 2.37. The summed E-state index contributed by atoms with van der Waals surface area (Å²) in [7, 11) is 1.73. The van der Waals surface area contributed by atoms with Crippen molar-refractivity contribution in [2.24, 2.45) is 5.73 Å². The highest BCUT2D eigenvalue weighted by Gasteiger charge is 2.19. The minimum Gasteiger partial charge on any atom is -0.384 e. The monoisotopic (exact) mass is 299 g/mol. The number of methoxy groups -OCH3 is 1. The van der Waals surface area contributed by atoms with Crippen molar-refractivity contribution in [3.8, 4) is 11.1 Å². The fourth-order valence-electron chi connectivity index (χ4n) is 2.84. The summed E-state index contributed by atoms with van der Waals surface area (Å²) in [6.45, 7) is 0.789. The first-order valence-corrected chi connectivity index (χ1v) is 8.48. The van der Waals surface area contributed by atoms with Gasteiger partial charge < -0.3 is 10.5 Å². The van der Waals surface area contributed by atoms with Crippen LogP contribution in [0.3, 0.4) is 0 Å². The Morgan fingerprint density at radius 1 is 1.14 bits per heavy atom. The maximum atomic E-state index is 6.31. The van der Waals surface area contributed by atoms with Crippen molar-refractivity contribution in [2.45, 2.75) is 12.5 Å². The summed E-state index contributed by atoms with van der Waals surface area (Å²) in [4.78, 5) is 0. The quantitative estimate of drug-likeness (QED) is 0.706. The Balaban J connectivity index is 1.71. The van der Waals surface area contributed by atoms with Crippen LogP contribution in [0.1, 0.15) is 22.7 Å². The van der Waals surface area contributed by atoms with Crippen LogP contribution in [0, 0.1) is 0 Å². The first-order valence-electron chi connectivity index (χ1n) is 7.33. The summed E-state index contributed by atoms with van der Waals surface area (Å²) in [5, 5.41) is 0. The van der Waals surface area contributed by atoms with Gasteiger partial charge in [0.25, 0.3) is 0 Å². The Labute approximate surface area is 130 Å². The predicted octanol–water partition coefficient (Wildman–Crippen LogP) is 3.64. The maximum Gasteiger partial charge on any atom is 0.0552 e. The molecule has 0 fully saturated rings. The molecule has 2 nitrogen and oxygen atoms in total. The van der Waals surface area contributed by atoms with Gasteiger partial charge in [0.2, 0.25) is 0 Å². The Hall–Kier alpha value is -1.29. The molecule has 3 rings (SSSR count). The summed E-state index contributed by atoms with van der Waals surface area (Å²) in [5.74, 6) is 1.94. The van der Waals surface area contributed by atoms with Crippen LogP contribution in [0.25, 0.3) is 11.1 Å². The Kier molecular flexibility index (Phi) is 4.63. The number of rotatable bonds is 6. The molecule has 1 unspecified atom stereocenters. The number of hydrogen-bond donors (Lipinski definition) is 1. The lowest BCUT2D eigenvalue weighted by Crippen LogP contribution is -2.14. The van der Waals surface area contributed by atoms with Gasteiger partial charge in [-0.05, 0) is 34.2 Å². The number of nitrogens with two attached hydrogens (primary N) is 1. The highest BCUT2D eigenvalue weighted by molar-refractivity contribution is 7.99. The lowest BCUT2D eigenvalue weighted by Gasteiger charge is -2.13. The van der Waals surface area contributed by atoms with E-state index >= 15 is 0 Å². The Bertz CT molecular complexity index is 626. The number of fused-ring (bicyclic) bond motifs is 3. The molecule has 1 atom stereocenters. The van der Waals surface area contributed by atoms with Crippen molar-refractivity contribution in [1.82, 2.24) is 0 Å². The van der Waals surface area contributed by atoms with E-state index in [1.165, 1.54) is 27.8 Å². The van der Waals surface area contributed by atoms with Gasteiger partial charge in [0.15, 0.2) is 0 Å². The lowest BCUT2D eigenvalue weighted by molar-refractivity contribution is 0.218. The molecule has 1 aliphatic carbocycles. The van der Waals surface area contributed by atoms with Crippen LogP contribution >= 0.6 is 11.8 Å². The molecule has 0 spiro atoms. The van der Waals surface area contributed by atoms with Gasteiger partial charge in [0.05, 0.1) is 6.61 Å². The van der Waals surface area contributed by atoms with E-state index in [-0.39, 0.29) is 6.04 Å². The van der Waals surface area contributed by atoms with Crippen molar-refractivity contribution in [3.63, 3.8) is 0 Å². The molecule has 0 saturated heterocycles. The third-order valence-corrected chi connectivity index (χ3v) is 5.03. The summed E-state index contributed by atoms with van der Waals surface area (Å²) < 4.78 is 5.06. The van der Waals surface area contributed by atoms with E-state index in [0.717, 1.165) is 24.5 Å². The smallest absolute Gasteiger partial charge is 0.0552 e. The summed E-state index contributed by atoms with van der Waals surface area (Å²) >= 11 is 1.85. The minimum atomic E-state index is 0.0980. The molecule has 0 amide bonds. The number of hydrogen-bond acceptors (Lipinski definition) is 3. The highest BCUT2D eigenvalue weighted by atomic mass is 32.2. The topological polar surface area (TPSA) is 35.2 Å². The zero-order valence-corrected chi connectivity index (χ0v) is 13.2. The molecule has 2 aromatic carbocycles. The van der Waals surface area contributed by atoms with Crippen LogP contribution in [-0.2, 0) is 11.2 Å². The van der Waals surface area contributed by atoms with Gasteiger partial charge >= 0.3 is 0 Å². The predicted molar refractivity (Wildman–Crippen MR) is 90.8 cm³/mol. The normalized spacial score (nSPS) is 13.8. The number of benzene rings is 2. The minimum absolute atomic E-state index is 0.0980. The fourth-order valence-corrected chi connectivity index (χ4v) is 3.74. The molecule has 0 saturated carbocycles. The first kappa shape index (κ1) is 14.6. The van der Waals surface area contributed by atoms with Crippen molar-refractivity contribution in [1.29, 1.82) is 0 Å². The maximum absolute atomic E-state index is 6.31. The van der Waals surface area contributed by atoms with Crippen LogP contribution in [0.4, 0.5) is 0 Å². The van der Waals surface area contributed by atoms with Gasteiger partial charge in [-0.2, -0.15) is 11.8 Å². The molecule has 0 aliphatic heterocycles. The second kappa shape index (κ2) is 6.65. The van der Waals surface area contributed by atoms with Crippen molar-refractivity contribution < 1.29 is 4.74 Å². The molecule has 2 N–H and O–H groups in total. The van der Waals surface area contributed by atoms with Gasteiger partial charge in [0.1, 0.15) is 0 Å². The zero-order valence-electron chi connectivity index (χ0n) is 12.3. The summed E-state index contributed by atoms with van der Waals surface area (Å²) in [6.07, 6.45) is 1.03. The molecular formula is C18H21NOS. The first-order chi connectivity index (χ1) is 10.3. The third kappa shape index (κ3) is 3.15. The van der Waals surface area contributed by atoms with Crippen LogP contribution in [0.2, 0.25) is 0 Å². The molecule has 0 heterocycles. The lowest BCUT2D eigenvalue weighted by atomic mass is 10.0. The molecule has 110 valence electrons. The molecular weight excluding hydrogens is 278 g/mol. The Morgan fingerprint density at radius 2 is 1.95 bits per heavy atom. The van der Waals surface area contributed by atoms with Gasteiger partial charge in [-0.15, -0.1) is 0 Å². The average Bonchev–Trinajstić information content (AvgIpc) is 2.89. The average molecular weight is 299 g/mol. The van der Waals surface area contributed by atoms with Gasteiger partial charge in [-0.25, -0.2) is 0 Å². The van der Waals surface area contributed by atoms with E-state index in [2.05, 4.69) is 42.5 Å². The van der Waals surface area contributed by atoms with E-state index in [4.69, 9.17) is 10.5 Å². The van der Waals surface area contributed by atoms with E-state index in [1.54, 1.807) is 7.11 Å². The second-order valence-corrected chi connectivity index (χ2v) is 6.57. The number of thioether (sulfide) groups is 1. The van der Waals surface area contributed by atoms with Crippen LogP contribution in [0.5, 0.6) is 0 Å². The standard InChI is InChI=1S/C18H21NOS/c1-20-8-9-21-12-18(19)14-6-7-17-15(11-14)10-13-4-2-3-5-16(13)17/h2-7,11,18H,8-10,12,19H2,1H3. The molecule has 0 radical (unpaired) electrons. The molecule has 1 aliphatic rings. The van der Waals surface area contributed by atoms with E-state index in [0.29, 0.717) is 0 Å². The Morgan fingerprint density at radius 3 is 2.81 bits per heavy atom. The molecule has 21 heavy (non-hydrogen) atoms. The molecule has 0 aromatic heterocycles. The van der Waals surface area contributed by atoms with Crippen LogP contribution < -0.4 is 5.73 Å². The molecule has 2 aromatic rings. The largest absolute Gasteiger partial charge is 0.384 e. The van der Waals surface area contributed by atoms with Gasteiger partial charge in [-0.1, -0.05) is 42.5 Å². The third-order valence-electron chi connectivity index (χ3n) is 3.98. The van der Waals surface area contributed by atoms with Crippen LogP contribution in [0.15, 0.2) is 42.5 Å². The van der Waals surface area contributed by atoms with E-state index in [9.17, 15) is 0 Å². The molecule has 3 heteroatoms. The van der Waals surface area contributed by atoms with Crippen LogP contribution in [-0.4, -0.2) is 25.2 Å². The van der Waals surface area contributed by atoms with Crippen molar-refractivity contribution in [3.05, 3.63) is 59.2 Å². The van der Waals surface area contributed by atoms with Crippen molar-refractivity contribution >= 4 is 11.8 Å². The number of ether oxygens (including phenoxy) is 1. The van der Waals surface area contributed by atoms with Gasteiger partial charge in [-0.3, -0.25) is 0 Å². The molecule has 0 bridgehead atoms. The van der Waals surface area contributed by atoms with Crippen molar-refractivity contribution in [2.75, 3.05) is 25.2 Å². The zero-order chi connectivity index (χ0) is 14.7. The summed E-state index contributed by atoms with van der Waals surface area (Å²) in [5.41, 5.74) is 13.1. The summed E-state index contributed by atoms with van der Waals surface area (Å²) in [6, 6.07) is 15.5. The second-order valence-electron chi connectivity index (χ2n) is 5.42. The fraction of sp³-hybridized carbons (Fsp3) is 0.333. The SMILES string of the molecule is COCCSCC(N)c1ccc2c(c1)Cc1ccccc1-2. The van der Waals surface area contributed by atoms with Gasteiger partial charge in [0, 0.05) is 24.7 Å².